The maximum atomic E-state index is 11.1. The number of aromatic nitrogens is 2. The number of pyridine rings is 2. The van der Waals surface area contributed by atoms with Crippen LogP contribution in [0.4, 0.5) is 0 Å². The Labute approximate surface area is 110 Å². The fraction of sp³-hybridized carbons (Fsp3) is 0.214. The van der Waals surface area contributed by atoms with Crippen LogP contribution in [0.25, 0.3) is 11.1 Å². The predicted octanol–water partition coefficient (Wildman–Crippen LogP) is 2.47. The number of rotatable bonds is 3. The van der Waals surface area contributed by atoms with Crippen molar-refractivity contribution in [2.75, 3.05) is 7.11 Å². The number of hydrogen-bond donors (Lipinski definition) is 1. The van der Waals surface area contributed by atoms with Gasteiger partial charge in [0, 0.05) is 23.5 Å². The average Bonchev–Trinajstić information content (AvgIpc) is 2.38. The number of nitrogens with zero attached hydrogens (tertiary/aromatic N) is 2. The quantitative estimate of drug-likeness (QED) is 0.915. The molecular weight excluding hydrogens is 244 g/mol. The van der Waals surface area contributed by atoms with Crippen LogP contribution in [0.15, 0.2) is 24.5 Å². The van der Waals surface area contributed by atoms with Crippen LogP contribution in [0.2, 0.25) is 0 Å². The number of hydrogen-bond acceptors (Lipinski definition) is 4. The van der Waals surface area contributed by atoms with Gasteiger partial charge in [-0.3, -0.25) is 4.98 Å². The van der Waals surface area contributed by atoms with Gasteiger partial charge < -0.3 is 9.84 Å². The minimum absolute atomic E-state index is 0.00319. The van der Waals surface area contributed by atoms with E-state index in [0.29, 0.717) is 17.0 Å². The Hall–Kier alpha value is -2.43. The first kappa shape index (κ1) is 13.0. The third kappa shape index (κ3) is 2.40. The van der Waals surface area contributed by atoms with E-state index in [1.165, 1.54) is 6.07 Å². The van der Waals surface area contributed by atoms with Gasteiger partial charge >= 0.3 is 5.97 Å². The van der Waals surface area contributed by atoms with Gasteiger partial charge in [-0.2, -0.15) is 0 Å². The van der Waals surface area contributed by atoms with Gasteiger partial charge in [0.15, 0.2) is 0 Å². The smallest absolute Gasteiger partial charge is 0.354 e. The summed E-state index contributed by atoms with van der Waals surface area (Å²) in [7, 11) is 1.54. The molecular formula is C14H14N2O3. The largest absolute Gasteiger partial charge is 0.494 e. The molecule has 0 aliphatic carbocycles. The van der Waals surface area contributed by atoms with Crippen molar-refractivity contribution in [1.82, 2.24) is 9.97 Å². The third-order valence-corrected chi connectivity index (χ3v) is 2.89. The number of carboxylic acid groups (broad SMARTS) is 1. The Balaban J connectivity index is 2.74. The molecule has 0 unspecified atom stereocenters. The fourth-order valence-electron chi connectivity index (χ4n) is 1.97. The summed E-state index contributed by atoms with van der Waals surface area (Å²) in [6, 6.07) is 3.38. The highest BCUT2D eigenvalue weighted by atomic mass is 16.5. The molecule has 0 spiro atoms. The molecule has 2 rings (SSSR count). The molecule has 0 saturated heterocycles. The Kier molecular flexibility index (Phi) is 3.46. The van der Waals surface area contributed by atoms with E-state index in [1.54, 1.807) is 26.4 Å². The minimum atomic E-state index is -1.06. The summed E-state index contributed by atoms with van der Waals surface area (Å²) < 4.78 is 5.34. The first-order chi connectivity index (χ1) is 9.04. The van der Waals surface area contributed by atoms with Gasteiger partial charge in [-0.15, -0.1) is 0 Å². The van der Waals surface area contributed by atoms with Crippen LogP contribution in [-0.4, -0.2) is 28.2 Å². The predicted molar refractivity (Wildman–Crippen MR) is 70.5 cm³/mol. The van der Waals surface area contributed by atoms with Crippen LogP contribution in [-0.2, 0) is 0 Å². The van der Waals surface area contributed by atoms with Crippen molar-refractivity contribution < 1.29 is 14.6 Å². The van der Waals surface area contributed by atoms with Crippen LogP contribution in [0, 0.1) is 13.8 Å². The summed E-state index contributed by atoms with van der Waals surface area (Å²) in [4.78, 5) is 19.2. The lowest BCUT2D eigenvalue weighted by Crippen LogP contribution is -2.05. The molecule has 19 heavy (non-hydrogen) atoms. The monoisotopic (exact) mass is 258 g/mol. The van der Waals surface area contributed by atoms with Crippen LogP contribution in [0.5, 0.6) is 5.75 Å². The van der Waals surface area contributed by atoms with Crippen LogP contribution >= 0.6 is 0 Å². The van der Waals surface area contributed by atoms with Gasteiger partial charge in [0.2, 0.25) is 0 Å². The molecule has 2 aromatic rings. The molecule has 0 aromatic carbocycles. The first-order valence-electron chi connectivity index (χ1n) is 5.74. The van der Waals surface area contributed by atoms with E-state index < -0.39 is 5.97 Å². The number of ether oxygens (including phenoxy) is 1. The van der Waals surface area contributed by atoms with E-state index in [4.69, 9.17) is 9.84 Å². The lowest BCUT2D eigenvalue weighted by Gasteiger charge is -2.13. The van der Waals surface area contributed by atoms with Crippen LogP contribution < -0.4 is 4.74 Å². The minimum Gasteiger partial charge on any atom is -0.494 e. The molecule has 0 bridgehead atoms. The molecule has 2 aromatic heterocycles. The second kappa shape index (κ2) is 5.06. The SMILES string of the molecule is COc1c(-c2cnccc2C)cc(C(=O)O)nc1C. The van der Waals surface area contributed by atoms with E-state index in [0.717, 1.165) is 11.1 Å². The van der Waals surface area contributed by atoms with Crippen LogP contribution in [0.1, 0.15) is 21.7 Å². The normalized spacial score (nSPS) is 10.3. The lowest BCUT2D eigenvalue weighted by molar-refractivity contribution is 0.0690. The van der Waals surface area contributed by atoms with Crippen molar-refractivity contribution in [3.05, 3.63) is 41.5 Å². The van der Waals surface area contributed by atoms with Gasteiger partial charge in [0.05, 0.1) is 12.8 Å². The van der Waals surface area contributed by atoms with E-state index in [9.17, 15) is 4.79 Å². The molecule has 5 nitrogen and oxygen atoms in total. The van der Waals surface area contributed by atoms with Gasteiger partial charge in [-0.25, -0.2) is 9.78 Å². The average molecular weight is 258 g/mol. The van der Waals surface area contributed by atoms with Crippen molar-refractivity contribution in [1.29, 1.82) is 0 Å². The van der Waals surface area contributed by atoms with E-state index in [2.05, 4.69) is 9.97 Å². The van der Waals surface area contributed by atoms with E-state index >= 15 is 0 Å². The van der Waals surface area contributed by atoms with Crippen molar-refractivity contribution >= 4 is 5.97 Å². The van der Waals surface area contributed by atoms with E-state index in [-0.39, 0.29) is 5.69 Å². The Bertz CT molecular complexity index is 639. The summed E-state index contributed by atoms with van der Waals surface area (Å²) in [6.07, 6.45) is 3.38. The second-order valence-electron chi connectivity index (χ2n) is 4.17. The van der Waals surface area contributed by atoms with Crippen molar-refractivity contribution in [3.8, 4) is 16.9 Å². The molecule has 98 valence electrons. The number of methoxy groups -OCH3 is 1. The molecule has 0 aliphatic heterocycles. The standard InChI is InChI=1S/C14H14N2O3/c1-8-4-5-15-7-11(8)10-6-12(14(17)18)16-9(2)13(10)19-3/h4-7H,1-3H3,(H,17,18). The Morgan fingerprint density at radius 1 is 1.32 bits per heavy atom. The number of aryl methyl sites for hydroxylation is 2. The zero-order chi connectivity index (χ0) is 14.0. The summed E-state index contributed by atoms with van der Waals surface area (Å²) >= 11 is 0. The third-order valence-electron chi connectivity index (χ3n) is 2.89. The molecule has 0 atom stereocenters. The van der Waals surface area contributed by atoms with Gasteiger partial charge in [-0.05, 0) is 31.5 Å². The molecule has 2 heterocycles. The summed E-state index contributed by atoms with van der Waals surface area (Å²) in [5, 5.41) is 9.09. The van der Waals surface area contributed by atoms with Crippen LogP contribution in [0.3, 0.4) is 0 Å². The molecule has 0 saturated carbocycles. The molecule has 0 amide bonds. The first-order valence-corrected chi connectivity index (χ1v) is 5.74. The zero-order valence-corrected chi connectivity index (χ0v) is 11.0. The lowest BCUT2D eigenvalue weighted by atomic mass is 10.0. The number of carbonyl (C=O) groups is 1. The highest BCUT2D eigenvalue weighted by Gasteiger charge is 2.16. The van der Waals surface area contributed by atoms with Crippen molar-refractivity contribution in [3.63, 3.8) is 0 Å². The summed E-state index contributed by atoms with van der Waals surface area (Å²) in [5.41, 5.74) is 3.07. The molecule has 0 fully saturated rings. The van der Waals surface area contributed by atoms with Crippen molar-refractivity contribution in [2.45, 2.75) is 13.8 Å². The highest BCUT2D eigenvalue weighted by molar-refractivity contribution is 5.88. The highest BCUT2D eigenvalue weighted by Crippen LogP contribution is 2.34. The number of aromatic carboxylic acids is 1. The summed E-state index contributed by atoms with van der Waals surface area (Å²) in [6.45, 7) is 3.66. The Morgan fingerprint density at radius 3 is 2.63 bits per heavy atom. The maximum Gasteiger partial charge on any atom is 0.354 e. The van der Waals surface area contributed by atoms with E-state index in [1.807, 2.05) is 13.0 Å². The summed E-state index contributed by atoms with van der Waals surface area (Å²) in [5.74, 6) is -0.491. The Morgan fingerprint density at radius 2 is 2.05 bits per heavy atom. The van der Waals surface area contributed by atoms with Gasteiger partial charge in [0.1, 0.15) is 11.4 Å². The van der Waals surface area contributed by atoms with Crippen molar-refractivity contribution in [2.24, 2.45) is 0 Å². The zero-order valence-electron chi connectivity index (χ0n) is 11.0. The molecule has 1 N–H and O–H groups in total. The van der Waals surface area contributed by atoms with Gasteiger partial charge in [-0.1, -0.05) is 0 Å². The second-order valence-corrected chi connectivity index (χ2v) is 4.17. The molecule has 0 aliphatic rings. The maximum absolute atomic E-state index is 11.1. The van der Waals surface area contributed by atoms with Gasteiger partial charge in [0.25, 0.3) is 0 Å². The molecule has 5 heteroatoms. The topological polar surface area (TPSA) is 72.3 Å². The number of carboxylic acids is 1. The molecule has 0 radical (unpaired) electrons. The fourth-order valence-corrected chi connectivity index (χ4v) is 1.97.